The van der Waals surface area contributed by atoms with Gasteiger partial charge in [0.05, 0.1) is 0 Å². The Bertz CT molecular complexity index is 842. The molecule has 0 unspecified atom stereocenters. The molecule has 2 aromatic rings. The van der Waals surface area contributed by atoms with Gasteiger partial charge >= 0.3 is 0 Å². The van der Waals surface area contributed by atoms with Crippen molar-refractivity contribution >= 4 is 0 Å². The van der Waals surface area contributed by atoms with Gasteiger partial charge in [-0.25, -0.2) is 8.78 Å². The molecule has 0 radical (unpaired) electrons. The van der Waals surface area contributed by atoms with Crippen LogP contribution < -0.4 is 0 Å². The van der Waals surface area contributed by atoms with Crippen LogP contribution in [0.4, 0.5) is 8.78 Å². The fraction of sp³-hybridized carbons (Fsp3) is 0.533. The van der Waals surface area contributed by atoms with Gasteiger partial charge in [-0.05, 0) is 67.1 Å². The molecular weight excluding hydrogens is 398 g/mol. The molecule has 0 heterocycles. The zero-order valence-electron chi connectivity index (χ0n) is 20.0. The number of benzene rings is 2. The van der Waals surface area contributed by atoms with Crippen LogP contribution in [-0.2, 0) is 6.42 Å². The third kappa shape index (κ3) is 6.77. The molecule has 0 amide bonds. The van der Waals surface area contributed by atoms with E-state index in [-0.39, 0.29) is 0 Å². The van der Waals surface area contributed by atoms with Gasteiger partial charge in [0.2, 0.25) is 0 Å². The lowest BCUT2D eigenvalue weighted by Crippen LogP contribution is -2.13. The van der Waals surface area contributed by atoms with E-state index in [0.29, 0.717) is 23.5 Å². The summed E-state index contributed by atoms with van der Waals surface area (Å²) >= 11 is 0. The summed E-state index contributed by atoms with van der Waals surface area (Å²) in [4.78, 5) is 0. The van der Waals surface area contributed by atoms with Crippen molar-refractivity contribution in [3.8, 4) is 11.1 Å². The molecule has 1 saturated carbocycles. The minimum Gasteiger partial charge on any atom is -0.203 e. The molecule has 1 aliphatic carbocycles. The number of rotatable bonds is 11. The van der Waals surface area contributed by atoms with E-state index in [1.807, 2.05) is 31.2 Å². The molecule has 32 heavy (non-hydrogen) atoms. The normalized spacial score (nSPS) is 19.0. The Balaban J connectivity index is 1.55. The Kier molecular flexibility index (Phi) is 9.96. The second-order valence-electron chi connectivity index (χ2n) is 9.53. The molecule has 174 valence electrons. The molecule has 1 fully saturated rings. The molecule has 0 bridgehead atoms. The van der Waals surface area contributed by atoms with Gasteiger partial charge in [0, 0.05) is 5.56 Å². The second-order valence-corrected chi connectivity index (χ2v) is 9.53. The lowest BCUT2D eigenvalue weighted by atomic mass is 9.77. The number of allylic oxidation sites excluding steroid dienone is 2. The van der Waals surface area contributed by atoms with E-state index in [2.05, 4.69) is 19.1 Å². The van der Waals surface area contributed by atoms with Crippen LogP contribution in [0.2, 0.25) is 0 Å². The van der Waals surface area contributed by atoms with Crippen molar-refractivity contribution in [3.05, 3.63) is 71.3 Å². The van der Waals surface area contributed by atoms with E-state index in [1.54, 1.807) is 12.1 Å². The van der Waals surface area contributed by atoms with Gasteiger partial charge in [-0.3, -0.25) is 0 Å². The van der Waals surface area contributed by atoms with E-state index < -0.39 is 11.6 Å². The fourth-order valence-electron chi connectivity index (χ4n) is 5.10. The maximum absolute atomic E-state index is 14.7. The molecule has 2 heteroatoms. The highest BCUT2D eigenvalue weighted by Gasteiger charge is 2.22. The Morgan fingerprint density at radius 3 is 2.19 bits per heavy atom. The van der Waals surface area contributed by atoms with Crippen LogP contribution in [-0.4, -0.2) is 0 Å². The predicted octanol–water partition coefficient (Wildman–Crippen LogP) is 9.77. The summed E-state index contributed by atoms with van der Waals surface area (Å²) < 4.78 is 29.2. The minimum absolute atomic E-state index is 0.351. The average Bonchev–Trinajstić information content (AvgIpc) is 2.82. The summed E-state index contributed by atoms with van der Waals surface area (Å²) in [5, 5.41) is 0. The smallest absolute Gasteiger partial charge is 0.166 e. The molecule has 0 aliphatic heterocycles. The van der Waals surface area contributed by atoms with Crippen LogP contribution in [0.15, 0.2) is 48.6 Å². The molecule has 3 rings (SSSR count). The van der Waals surface area contributed by atoms with Crippen molar-refractivity contribution in [2.24, 2.45) is 5.92 Å². The lowest BCUT2D eigenvalue weighted by Gasteiger charge is -2.29. The maximum Gasteiger partial charge on any atom is 0.166 e. The highest BCUT2D eigenvalue weighted by atomic mass is 19.2. The Morgan fingerprint density at radius 2 is 1.50 bits per heavy atom. The molecular formula is C30H40F2. The molecule has 0 aromatic heterocycles. The molecule has 0 saturated heterocycles. The number of unbranched alkanes of at least 4 members (excludes halogenated alkanes) is 4. The number of hydrogen-bond acceptors (Lipinski definition) is 0. The van der Waals surface area contributed by atoms with Crippen LogP contribution in [0.3, 0.4) is 0 Å². The van der Waals surface area contributed by atoms with Crippen LogP contribution in [0.25, 0.3) is 11.1 Å². The summed E-state index contributed by atoms with van der Waals surface area (Å²) in [5.41, 5.74) is 2.86. The van der Waals surface area contributed by atoms with Crippen LogP contribution in [0.1, 0.15) is 102 Å². The molecule has 0 spiro atoms. The Hall–Kier alpha value is -1.96. The van der Waals surface area contributed by atoms with Gasteiger partial charge in [-0.15, -0.1) is 0 Å². The van der Waals surface area contributed by atoms with E-state index in [4.69, 9.17) is 0 Å². The van der Waals surface area contributed by atoms with Crippen molar-refractivity contribution in [1.29, 1.82) is 0 Å². The van der Waals surface area contributed by atoms with Crippen LogP contribution in [0.5, 0.6) is 0 Å². The van der Waals surface area contributed by atoms with Crippen LogP contribution in [0, 0.1) is 17.6 Å². The van der Waals surface area contributed by atoms with Gasteiger partial charge < -0.3 is 0 Å². The van der Waals surface area contributed by atoms with Crippen molar-refractivity contribution < 1.29 is 8.78 Å². The third-order valence-electron chi connectivity index (χ3n) is 7.16. The molecule has 0 nitrogen and oxygen atoms in total. The summed E-state index contributed by atoms with van der Waals surface area (Å²) in [5.74, 6) is 0.0459. The summed E-state index contributed by atoms with van der Waals surface area (Å²) in [7, 11) is 0. The van der Waals surface area contributed by atoms with Gasteiger partial charge in [0.25, 0.3) is 0 Å². The lowest BCUT2D eigenvalue weighted by molar-refractivity contribution is 0.302. The van der Waals surface area contributed by atoms with Crippen molar-refractivity contribution in [3.63, 3.8) is 0 Å². The molecule has 2 aromatic carbocycles. The molecule has 1 aliphatic rings. The first-order valence-corrected chi connectivity index (χ1v) is 12.9. The fourth-order valence-corrected chi connectivity index (χ4v) is 5.10. The van der Waals surface area contributed by atoms with Gasteiger partial charge in [-0.1, -0.05) is 101 Å². The van der Waals surface area contributed by atoms with Gasteiger partial charge in [0.1, 0.15) is 0 Å². The third-order valence-corrected chi connectivity index (χ3v) is 7.16. The second kappa shape index (κ2) is 12.9. The summed E-state index contributed by atoms with van der Waals surface area (Å²) in [6.07, 6.45) is 18.6. The Morgan fingerprint density at radius 1 is 0.781 bits per heavy atom. The van der Waals surface area contributed by atoms with E-state index >= 15 is 0 Å². The summed E-state index contributed by atoms with van der Waals surface area (Å²) in [6.45, 7) is 4.30. The molecule has 0 atom stereocenters. The maximum atomic E-state index is 14.7. The van der Waals surface area contributed by atoms with E-state index in [0.717, 1.165) is 17.9 Å². The zero-order valence-corrected chi connectivity index (χ0v) is 20.0. The number of hydrogen-bond donors (Lipinski definition) is 0. The summed E-state index contributed by atoms with van der Waals surface area (Å²) in [6, 6.07) is 11.6. The quantitative estimate of drug-likeness (QED) is 0.242. The number of halogens is 2. The Labute approximate surface area is 194 Å². The average molecular weight is 439 g/mol. The predicted molar refractivity (Wildman–Crippen MR) is 133 cm³/mol. The largest absolute Gasteiger partial charge is 0.203 e. The minimum atomic E-state index is -0.736. The highest BCUT2D eigenvalue weighted by molar-refractivity contribution is 5.65. The van der Waals surface area contributed by atoms with Crippen molar-refractivity contribution in [2.45, 2.75) is 96.8 Å². The van der Waals surface area contributed by atoms with Crippen LogP contribution >= 0.6 is 0 Å². The van der Waals surface area contributed by atoms with Crippen molar-refractivity contribution in [1.82, 2.24) is 0 Å². The zero-order chi connectivity index (χ0) is 22.8. The van der Waals surface area contributed by atoms with Crippen molar-refractivity contribution in [2.75, 3.05) is 0 Å². The monoisotopic (exact) mass is 438 g/mol. The SMILES string of the molecule is CC/C=C\Cc1ccc(-c2ccc(C3CCC(CCCCCCC)CC3)cc2)c(F)c1F. The molecule has 0 N–H and O–H groups in total. The first kappa shape index (κ1) is 24.7. The first-order valence-electron chi connectivity index (χ1n) is 12.9. The van der Waals surface area contributed by atoms with E-state index in [9.17, 15) is 8.78 Å². The standard InChI is InChI=1S/C30H40F2/c1-3-5-7-8-10-11-23-13-15-24(16-14-23)25-17-19-26(20-18-25)28-22-21-27(12-9-6-4-2)29(31)30(28)32/h6,9,17-24H,3-5,7-8,10-16H2,1-2H3/b9-6-. The van der Waals surface area contributed by atoms with Gasteiger partial charge in [0.15, 0.2) is 11.6 Å². The highest BCUT2D eigenvalue weighted by Crippen LogP contribution is 2.38. The first-order chi connectivity index (χ1) is 15.6. The van der Waals surface area contributed by atoms with Gasteiger partial charge in [-0.2, -0.15) is 0 Å². The topological polar surface area (TPSA) is 0 Å². The van der Waals surface area contributed by atoms with E-state index in [1.165, 1.54) is 69.8 Å².